The topological polar surface area (TPSA) is 79.0 Å². The third kappa shape index (κ3) is 4.85. The van der Waals surface area contributed by atoms with Crippen molar-refractivity contribution in [2.24, 2.45) is 11.8 Å². The molecule has 1 saturated carbocycles. The third-order valence-corrected chi connectivity index (χ3v) is 4.64. The Morgan fingerprint density at radius 2 is 1.67 bits per heavy atom. The van der Waals surface area contributed by atoms with Gasteiger partial charge in [0.15, 0.2) is 0 Å². The minimum atomic E-state index is -0.319. The minimum absolute atomic E-state index is 0.00890. The summed E-state index contributed by atoms with van der Waals surface area (Å²) in [5.41, 5.74) is 0. The first kappa shape index (κ1) is 18.5. The van der Waals surface area contributed by atoms with Crippen molar-refractivity contribution >= 4 is 17.9 Å². The fourth-order valence-electron chi connectivity index (χ4n) is 3.03. The lowest BCUT2D eigenvalue weighted by molar-refractivity contribution is -0.136. The van der Waals surface area contributed by atoms with Crippen LogP contribution in [0.2, 0.25) is 0 Å². The zero-order valence-electron chi connectivity index (χ0n) is 14.8. The van der Waals surface area contributed by atoms with Crippen molar-refractivity contribution in [1.29, 1.82) is 0 Å². The summed E-state index contributed by atoms with van der Waals surface area (Å²) in [7, 11) is 0. The molecule has 24 heavy (non-hydrogen) atoms. The SMILES string of the molecule is CCCCCNC(=O)C1CC1C(=O)N1CCN(C(=O)OCC)CC1. The molecule has 7 heteroatoms. The van der Waals surface area contributed by atoms with Crippen LogP contribution in [0.15, 0.2) is 0 Å². The Bertz CT molecular complexity index is 461. The van der Waals surface area contributed by atoms with E-state index in [-0.39, 0.29) is 29.7 Å². The summed E-state index contributed by atoms with van der Waals surface area (Å²) in [4.78, 5) is 39.5. The van der Waals surface area contributed by atoms with E-state index in [0.29, 0.717) is 45.8 Å². The van der Waals surface area contributed by atoms with Crippen molar-refractivity contribution in [3.63, 3.8) is 0 Å². The van der Waals surface area contributed by atoms with Gasteiger partial charge in [0.2, 0.25) is 11.8 Å². The summed E-state index contributed by atoms with van der Waals surface area (Å²) in [5, 5.41) is 2.92. The van der Waals surface area contributed by atoms with E-state index in [1.807, 2.05) is 0 Å². The fourth-order valence-corrected chi connectivity index (χ4v) is 3.03. The number of carbonyl (C=O) groups excluding carboxylic acids is 3. The molecule has 0 spiro atoms. The Hall–Kier alpha value is -1.79. The van der Waals surface area contributed by atoms with Crippen LogP contribution in [-0.4, -0.2) is 67.0 Å². The molecule has 1 aliphatic carbocycles. The molecule has 0 aromatic carbocycles. The second-order valence-corrected chi connectivity index (χ2v) is 6.46. The van der Waals surface area contributed by atoms with Crippen molar-refractivity contribution in [1.82, 2.24) is 15.1 Å². The Kier molecular flexibility index (Phi) is 6.87. The summed E-state index contributed by atoms with van der Waals surface area (Å²) in [6.45, 7) is 6.96. The van der Waals surface area contributed by atoms with Crippen molar-refractivity contribution in [2.45, 2.75) is 39.5 Å². The quantitative estimate of drug-likeness (QED) is 0.708. The molecular formula is C17H29N3O4. The number of unbranched alkanes of at least 4 members (excludes halogenated alkanes) is 2. The molecule has 2 atom stereocenters. The average Bonchev–Trinajstić information content (AvgIpc) is 3.39. The number of ether oxygens (including phenoxy) is 1. The standard InChI is InChI=1S/C17H29N3O4/c1-3-5-6-7-18-15(21)13-12-14(13)16(22)19-8-10-20(11-9-19)17(23)24-4-2/h13-14H,3-12H2,1-2H3,(H,18,21). The number of hydrogen-bond donors (Lipinski definition) is 1. The van der Waals surface area contributed by atoms with Gasteiger partial charge >= 0.3 is 6.09 Å². The van der Waals surface area contributed by atoms with Gasteiger partial charge in [0.25, 0.3) is 0 Å². The van der Waals surface area contributed by atoms with Crippen molar-refractivity contribution in [3.8, 4) is 0 Å². The van der Waals surface area contributed by atoms with Gasteiger partial charge < -0.3 is 19.9 Å². The maximum Gasteiger partial charge on any atom is 0.409 e. The lowest BCUT2D eigenvalue weighted by Crippen LogP contribution is -2.51. The Balaban J connectivity index is 1.69. The van der Waals surface area contributed by atoms with Crippen LogP contribution >= 0.6 is 0 Å². The van der Waals surface area contributed by atoms with Crippen LogP contribution in [0.25, 0.3) is 0 Å². The molecule has 0 aromatic heterocycles. The summed E-state index contributed by atoms with van der Waals surface area (Å²) in [6.07, 6.45) is 3.55. The fraction of sp³-hybridized carbons (Fsp3) is 0.824. The van der Waals surface area contributed by atoms with Gasteiger partial charge in [0.05, 0.1) is 18.4 Å². The Morgan fingerprint density at radius 1 is 1.00 bits per heavy atom. The van der Waals surface area contributed by atoms with E-state index in [1.165, 1.54) is 0 Å². The Labute approximate surface area is 143 Å². The van der Waals surface area contributed by atoms with Crippen LogP contribution in [0.4, 0.5) is 4.79 Å². The van der Waals surface area contributed by atoms with Crippen LogP contribution in [0.3, 0.4) is 0 Å². The van der Waals surface area contributed by atoms with E-state index in [9.17, 15) is 14.4 Å². The van der Waals surface area contributed by atoms with Crippen LogP contribution in [0, 0.1) is 11.8 Å². The maximum absolute atomic E-state index is 12.5. The molecule has 1 N–H and O–H groups in total. The van der Waals surface area contributed by atoms with Gasteiger partial charge in [-0.1, -0.05) is 19.8 Å². The van der Waals surface area contributed by atoms with Gasteiger partial charge in [-0.15, -0.1) is 0 Å². The highest BCUT2D eigenvalue weighted by Gasteiger charge is 2.49. The monoisotopic (exact) mass is 339 g/mol. The second-order valence-electron chi connectivity index (χ2n) is 6.46. The average molecular weight is 339 g/mol. The normalized spacial score (nSPS) is 22.9. The number of piperazine rings is 1. The smallest absolute Gasteiger partial charge is 0.409 e. The first-order chi connectivity index (χ1) is 11.6. The molecule has 136 valence electrons. The minimum Gasteiger partial charge on any atom is -0.450 e. The molecule has 3 amide bonds. The Morgan fingerprint density at radius 3 is 2.29 bits per heavy atom. The number of nitrogens with zero attached hydrogens (tertiary/aromatic N) is 2. The van der Waals surface area contributed by atoms with E-state index in [0.717, 1.165) is 19.3 Å². The summed E-state index contributed by atoms with van der Waals surface area (Å²) < 4.78 is 4.97. The van der Waals surface area contributed by atoms with Gasteiger partial charge in [-0.05, 0) is 19.8 Å². The number of rotatable bonds is 7. The largest absolute Gasteiger partial charge is 0.450 e. The molecule has 7 nitrogen and oxygen atoms in total. The van der Waals surface area contributed by atoms with Crippen molar-refractivity contribution in [2.75, 3.05) is 39.3 Å². The van der Waals surface area contributed by atoms with E-state index in [4.69, 9.17) is 4.74 Å². The van der Waals surface area contributed by atoms with Gasteiger partial charge in [-0.3, -0.25) is 9.59 Å². The van der Waals surface area contributed by atoms with Crippen molar-refractivity contribution in [3.05, 3.63) is 0 Å². The van der Waals surface area contributed by atoms with Gasteiger partial charge in [0, 0.05) is 32.7 Å². The predicted octanol–water partition coefficient (Wildman–Crippen LogP) is 1.23. The third-order valence-electron chi connectivity index (χ3n) is 4.64. The summed E-state index contributed by atoms with van der Waals surface area (Å²) >= 11 is 0. The highest BCUT2D eigenvalue weighted by atomic mass is 16.6. The predicted molar refractivity (Wildman–Crippen MR) is 89.3 cm³/mol. The summed E-state index contributed by atoms with van der Waals surface area (Å²) in [6, 6.07) is 0. The van der Waals surface area contributed by atoms with Crippen LogP contribution in [0.1, 0.15) is 39.5 Å². The maximum atomic E-state index is 12.5. The molecule has 0 bridgehead atoms. The van der Waals surface area contributed by atoms with Gasteiger partial charge in [0.1, 0.15) is 0 Å². The lowest BCUT2D eigenvalue weighted by Gasteiger charge is -2.34. The molecule has 2 fully saturated rings. The molecule has 2 unspecified atom stereocenters. The number of nitrogens with one attached hydrogen (secondary N) is 1. The van der Waals surface area contributed by atoms with Crippen molar-refractivity contribution < 1.29 is 19.1 Å². The second kappa shape index (κ2) is 8.89. The number of hydrogen-bond acceptors (Lipinski definition) is 4. The van der Waals surface area contributed by atoms with E-state index in [1.54, 1.807) is 16.7 Å². The summed E-state index contributed by atoms with van der Waals surface area (Å²) in [5.74, 6) is -0.283. The van der Waals surface area contributed by atoms with E-state index < -0.39 is 0 Å². The highest BCUT2D eigenvalue weighted by molar-refractivity contribution is 5.92. The van der Waals surface area contributed by atoms with Gasteiger partial charge in [-0.2, -0.15) is 0 Å². The van der Waals surface area contributed by atoms with Crippen LogP contribution < -0.4 is 5.32 Å². The van der Waals surface area contributed by atoms with E-state index >= 15 is 0 Å². The zero-order valence-corrected chi connectivity index (χ0v) is 14.8. The lowest BCUT2D eigenvalue weighted by atomic mass is 10.2. The van der Waals surface area contributed by atoms with Crippen LogP contribution in [-0.2, 0) is 14.3 Å². The molecule has 1 saturated heterocycles. The molecule has 1 heterocycles. The first-order valence-corrected chi connectivity index (χ1v) is 9.06. The molecular weight excluding hydrogens is 310 g/mol. The molecule has 0 aromatic rings. The zero-order chi connectivity index (χ0) is 17.5. The van der Waals surface area contributed by atoms with E-state index in [2.05, 4.69) is 12.2 Å². The van der Waals surface area contributed by atoms with Crippen LogP contribution in [0.5, 0.6) is 0 Å². The number of carbonyl (C=O) groups is 3. The molecule has 2 aliphatic rings. The molecule has 0 radical (unpaired) electrons. The van der Waals surface area contributed by atoms with Gasteiger partial charge in [-0.25, -0.2) is 4.79 Å². The first-order valence-electron chi connectivity index (χ1n) is 9.06. The molecule has 2 rings (SSSR count). The molecule has 1 aliphatic heterocycles. The number of amides is 3. The highest BCUT2D eigenvalue weighted by Crippen LogP contribution is 2.40.